The Morgan fingerprint density at radius 3 is 2.43 bits per heavy atom. The van der Waals surface area contributed by atoms with Crippen LogP contribution in [0.5, 0.6) is 0 Å². The smallest absolute Gasteiger partial charge is 0.270 e. The van der Waals surface area contributed by atoms with Crippen LogP contribution in [0.25, 0.3) is 17.1 Å². The van der Waals surface area contributed by atoms with Gasteiger partial charge in [-0.1, -0.05) is 65.9 Å². The molecule has 0 bridgehead atoms. The molecule has 0 saturated heterocycles. The van der Waals surface area contributed by atoms with E-state index < -0.39 is 16.7 Å². The highest BCUT2D eigenvalue weighted by atomic mass is 32.2. The highest BCUT2D eigenvalue weighted by Gasteiger charge is 2.18. The van der Waals surface area contributed by atoms with Crippen molar-refractivity contribution in [2.75, 3.05) is 5.75 Å². The fourth-order valence-electron chi connectivity index (χ4n) is 3.19. The minimum atomic E-state index is -0.666. The van der Waals surface area contributed by atoms with Gasteiger partial charge in [0.1, 0.15) is 0 Å². The summed E-state index contributed by atoms with van der Waals surface area (Å²) in [6, 6.07) is 22.7. The van der Waals surface area contributed by atoms with Crippen molar-refractivity contribution < 1.29 is 14.5 Å². The van der Waals surface area contributed by atoms with Gasteiger partial charge in [0.25, 0.3) is 11.6 Å². The summed E-state index contributed by atoms with van der Waals surface area (Å²) in [6.07, 6.45) is 0. The number of aromatic nitrogens is 3. The first-order valence-electron chi connectivity index (χ1n) is 10.5. The van der Waals surface area contributed by atoms with Crippen LogP contribution in [0.15, 0.2) is 84.0 Å². The molecule has 0 aliphatic carbocycles. The molecule has 35 heavy (non-hydrogen) atoms. The molecule has 4 rings (SSSR count). The van der Waals surface area contributed by atoms with Gasteiger partial charge in [0.15, 0.2) is 11.0 Å². The number of thioether (sulfide) groups is 1. The lowest BCUT2D eigenvalue weighted by atomic mass is 10.2. The molecule has 10 nitrogen and oxygen atoms in total. The molecular formula is C24H20N6O4S. The zero-order valence-corrected chi connectivity index (χ0v) is 19.4. The Bertz CT molecular complexity index is 1370. The van der Waals surface area contributed by atoms with Crippen LogP contribution in [0, 0.1) is 17.0 Å². The zero-order chi connectivity index (χ0) is 24.8. The number of nitro benzene ring substituents is 1. The number of hydrogen-bond donors (Lipinski definition) is 2. The molecule has 3 aromatic carbocycles. The lowest BCUT2D eigenvalue weighted by molar-refractivity contribution is -0.384. The number of rotatable bonds is 7. The molecule has 0 aliphatic rings. The number of aryl methyl sites for hydroxylation is 1. The molecular weight excluding hydrogens is 468 g/mol. The number of nitrogens with one attached hydrogen (secondary N) is 2. The Morgan fingerprint density at radius 1 is 0.971 bits per heavy atom. The Balaban J connectivity index is 1.45. The normalized spacial score (nSPS) is 10.5. The lowest BCUT2D eigenvalue weighted by Crippen LogP contribution is -2.42. The van der Waals surface area contributed by atoms with Crippen molar-refractivity contribution in [2.24, 2.45) is 0 Å². The summed E-state index contributed by atoms with van der Waals surface area (Å²) in [6.45, 7) is 2.00. The quantitative estimate of drug-likeness (QED) is 0.230. The Kier molecular flexibility index (Phi) is 7.17. The van der Waals surface area contributed by atoms with Crippen LogP contribution in [0.4, 0.5) is 5.69 Å². The number of non-ortho nitro benzene ring substituents is 1. The van der Waals surface area contributed by atoms with E-state index in [1.807, 2.05) is 66.1 Å². The third-order valence-corrected chi connectivity index (χ3v) is 5.85. The van der Waals surface area contributed by atoms with E-state index in [4.69, 9.17) is 0 Å². The summed E-state index contributed by atoms with van der Waals surface area (Å²) in [5, 5.41) is 20.0. The number of nitro groups is 1. The highest BCUT2D eigenvalue weighted by molar-refractivity contribution is 7.99. The van der Waals surface area contributed by atoms with Crippen LogP contribution in [-0.4, -0.2) is 37.3 Å². The molecule has 2 amide bonds. The van der Waals surface area contributed by atoms with Gasteiger partial charge in [-0.2, -0.15) is 0 Å². The van der Waals surface area contributed by atoms with Crippen molar-refractivity contribution in [2.45, 2.75) is 12.1 Å². The second-order valence-corrected chi connectivity index (χ2v) is 8.38. The molecule has 11 heteroatoms. The number of amides is 2. The van der Waals surface area contributed by atoms with Gasteiger partial charge in [-0.3, -0.25) is 35.1 Å². The summed E-state index contributed by atoms with van der Waals surface area (Å²) in [5.41, 5.74) is 7.25. The van der Waals surface area contributed by atoms with Gasteiger partial charge >= 0.3 is 0 Å². The van der Waals surface area contributed by atoms with E-state index in [0.717, 1.165) is 34.6 Å². The lowest BCUT2D eigenvalue weighted by Gasteiger charge is -2.11. The van der Waals surface area contributed by atoms with Crippen molar-refractivity contribution >= 4 is 29.3 Å². The van der Waals surface area contributed by atoms with Crippen LogP contribution >= 0.6 is 11.8 Å². The van der Waals surface area contributed by atoms with Gasteiger partial charge in [-0.25, -0.2) is 0 Å². The highest BCUT2D eigenvalue weighted by Crippen LogP contribution is 2.28. The Hall–Kier alpha value is -4.51. The van der Waals surface area contributed by atoms with E-state index in [1.54, 1.807) is 0 Å². The van der Waals surface area contributed by atoms with Crippen LogP contribution in [0.1, 0.15) is 15.9 Å². The van der Waals surface area contributed by atoms with Crippen LogP contribution < -0.4 is 10.9 Å². The third-order valence-electron chi connectivity index (χ3n) is 4.92. The Morgan fingerprint density at radius 2 is 1.71 bits per heavy atom. The first-order valence-corrected chi connectivity index (χ1v) is 11.5. The van der Waals surface area contributed by atoms with Crippen molar-refractivity contribution in [3.05, 3.63) is 100 Å². The minimum absolute atomic E-state index is 0.0476. The molecule has 0 aliphatic heterocycles. The van der Waals surface area contributed by atoms with Crippen LogP contribution in [0.3, 0.4) is 0 Å². The van der Waals surface area contributed by atoms with Gasteiger partial charge in [0.05, 0.1) is 10.7 Å². The fraction of sp³-hybridized carbons (Fsp3) is 0.0833. The number of nitrogens with zero attached hydrogens (tertiary/aromatic N) is 4. The number of benzene rings is 3. The van der Waals surface area contributed by atoms with Crippen molar-refractivity contribution in [3.63, 3.8) is 0 Å². The molecule has 1 heterocycles. The number of hydrazine groups is 1. The topological polar surface area (TPSA) is 132 Å². The van der Waals surface area contributed by atoms with Crippen LogP contribution in [-0.2, 0) is 4.79 Å². The maximum absolute atomic E-state index is 12.4. The van der Waals surface area contributed by atoms with Gasteiger partial charge in [0, 0.05) is 28.9 Å². The van der Waals surface area contributed by atoms with E-state index >= 15 is 0 Å². The first-order chi connectivity index (χ1) is 16.9. The van der Waals surface area contributed by atoms with Gasteiger partial charge in [-0.05, 0) is 25.1 Å². The van der Waals surface area contributed by atoms with Crippen molar-refractivity contribution in [3.8, 4) is 17.1 Å². The van der Waals surface area contributed by atoms with Gasteiger partial charge < -0.3 is 0 Å². The Labute approximate surface area is 204 Å². The minimum Gasteiger partial charge on any atom is -0.272 e. The van der Waals surface area contributed by atoms with E-state index in [0.29, 0.717) is 11.0 Å². The standard InChI is InChI=1S/C24H20N6O4S/c1-16-10-12-19(13-11-16)29-22(17-6-3-2-4-7-17)26-28-24(29)35-15-21(31)25-27-23(32)18-8-5-9-20(14-18)30(33)34/h2-14H,15H2,1H3,(H,25,31)(H,27,32). The summed E-state index contributed by atoms with van der Waals surface area (Å²) >= 11 is 1.16. The van der Waals surface area contributed by atoms with E-state index in [-0.39, 0.29) is 17.0 Å². The zero-order valence-electron chi connectivity index (χ0n) is 18.5. The van der Waals surface area contributed by atoms with E-state index in [2.05, 4.69) is 21.0 Å². The predicted octanol–water partition coefficient (Wildman–Crippen LogP) is 3.70. The molecule has 1 aromatic heterocycles. The number of hydrogen-bond acceptors (Lipinski definition) is 7. The van der Waals surface area contributed by atoms with E-state index in [9.17, 15) is 19.7 Å². The largest absolute Gasteiger partial charge is 0.272 e. The van der Waals surface area contributed by atoms with Crippen molar-refractivity contribution in [1.82, 2.24) is 25.6 Å². The maximum atomic E-state index is 12.4. The van der Waals surface area contributed by atoms with E-state index in [1.165, 1.54) is 18.2 Å². The molecule has 0 atom stereocenters. The fourth-order valence-corrected chi connectivity index (χ4v) is 3.94. The first kappa shape index (κ1) is 23.6. The molecule has 4 aromatic rings. The molecule has 176 valence electrons. The number of carbonyl (C=O) groups is 2. The summed E-state index contributed by atoms with van der Waals surface area (Å²) in [4.78, 5) is 34.9. The monoisotopic (exact) mass is 488 g/mol. The summed E-state index contributed by atoms with van der Waals surface area (Å²) in [5.74, 6) is -0.556. The summed E-state index contributed by atoms with van der Waals surface area (Å²) < 4.78 is 1.87. The molecule has 0 saturated carbocycles. The number of carbonyl (C=O) groups excluding carboxylic acids is 2. The van der Waals surface area contributed by atoms with Crippen LogP contribution in [0.2, 0.25) is 0 Å². The van der Waals surface area contributed by atoms with Gasteiger partial charge in [-0.15, -0.1) is 10.2 Å². The average Bonchev–Trinajstić information content (AvgIpc) is 3.31. The second kappa shape index (κ2) is 10.6. The molecule has 2 N–H and O–H groups in total. The molecule has 0 radical (unpaired) electrons. The molecule has 0 unspecified atom stereocenters. The second-order valence-electron chi connectivity index (χ2n) is 7.44. The molecule has 0 spiro atoms. The SMILES string of the molecule is Cc1ccc(-n2c(SCC(=O)NNC(=O)c3cccc([N+](=O)[O-])c3)nnc2-c2ccccc2)cc1. The average molecular weight is 489 g/mol. The third kappa shape index (κ3) is 5.71. The predicted molar refractivity (Wildman–Crippen MR) is 131 cm³/mol. The summed E-state index contributed by atoms with van der Waals surface area (Å²) in [7, 11) is 0. The molecule has 0 fully saturated rings. The van der Waals surface area contributed by atoms with Gasteiger partial charge in [0.2, 0.25) is 5.91 Å². The van der Waals surface area contributed by atoms with Crippen molar-refractivity contribution in [1.29, 1.82) is 0 Å². The maximum Gasteiger partial charge on any atom is 0.270 e.